The monoisotopic (exact) mass is 217 g/mol. The SMILES string of the molecule is OC[C@@H]1Nc2ccccc2C12CCCCC2. The van der Waals surface area contributed by atoms with Gasteiger partial charge in [0.25, 0.3) is 0 Å². The third-order valence-corrected chi connectivity index (χ3v) is 4.39. The molecule has 1 heterocycles. The van der Waals surface area contributed by atoms with E-state index in [0.29, 0.717) is 0 Å². The first-order chi connectivity index (χ1) is 7.87. The van der Waals surface area contributed by atoms with Gasteiger partial charge < -0.3 is 10.4 Å². The number of fused-ring (bicyclic) bond motifs is 2. The number of para-hydroxylation sites is 1. The number of rotatable bonds is 1. The number of hydrogen-bond donors (Lipinski definition) is 2. The van der Waals surface area contributed by atoms with Crippen LogP contribution in [0.25, 0.3) is 0 Å². The summed E-state index contributed by atoms with van der Waals surface area (Å²) in [5.74, 6) is 0. The first-order valence-corrected chi connectivity index (χ1v) is 6.34. The third-order valence-electron chi connectivity index (χ3n) is 4.39. The molecule has 16 heavy (non-hydrogen) atoms. The van der Waals surface area contributed by atoms with E-state index in [4.69, 9.17) is 0 Å². The average Bonchev–Trinajstić information content (AvgIpc) is 2.65. The van der Waals surface area contributed by atoms with Crippen LogP contribution in [0.15, 0.2) is 24.3 Å². The summed E-state index contributed by atoms with van der Waals surface area (Å²) >= 11 is 0. The minimum atomic E-state index is 0.212. The predicted molar refractivity (Wildman–Crippen MR) is 65.7 cm³/mol. The largest absolute Gasteiger partial charge is 0.394 e. The standard InChI is InChI=1S/C14H19NO/c16-10-13-14(8-4-1-5-9-14)11-6-2-3-7-12(11)15-13/h2-3,6-7,13,15-16H,1,4-5,8-10H2/t13-/m0/s1. The van der Waals surface area contributed by atoms with E-state index in [0.717, 1.165) is 0 Å². The number of aliphatic hydroxyl groups excluding tert-OH is 1. The lowest BCUT2D eigenvalue weighted by Crippen LogP contribution is -2.42. The highest BCUT2D eigenvalue weighted by Gasteiger charge is 2.46. The van der Waals surface area contributed by atoms with E-state index in [1.807, 2.05) is 0 Å². The lowest BCUT2D eigenvalue weighted by Gasteiger charge is -2.38. The zero-order chi connectivity index (χ0) is 11.0. The van der Waals surface area contributed by atoms with Gasteiger partial charge in [0.05, 0.1) is 12.6 Å². The van der Waals surface area contributed by atoms with Crippen molar-refractivity contribution in [2.24, 2.45) is 0 Å². The van der Waals surface area contributed by atoms with Crippen LogP contribution < -0.4 is 5.32 Å². The number of hydrogen-bond acceptors (Lipinski definition) is 2. The number of benzene rings is 1. The highest BCUT2D eigenvalue weighted by atomic mass is 16.3. The molecule has 2 heteroatoms. The van der Waals surface area contributed by atoms with Crippen LogP contribution in [0.5, 0.6) is 0 Å². The molecule has 1 atom stereocenters. The summed E-state index contributed by atoms with van der Waals surface area (Å²) in [6.45, 7) is 0.245. The molecule has 0 amide bonds. The Morgan fingerprint density at radius 3 is 2.69 bits per heavy atom. The molecule has 0 unspecified atom stereocenters. The Balaban J connectivity index is 2.06. The fraction of sp³-hybridized carbons (Fsp3) is 0.571. The van der Waals surface area contributed by atoms with Gasteiger partial charge in [-0.3, -0.25) is 0 Å². The maximum Gasteiger partial charge on any atom is 0.0641 e. The minimum Gasteiger partial charge on any atom is -0.394 e. The van der Waals surface area contributed by atoms with E-state index in [2.05, 4.69) is 29.6 Å². The van der Waals surface area contributed by atoms with Gasteiger partial charge in [0.2, 0.25) is 0 Å². The van der Waals surface area contributed by atoms with Crippen molar-refractivity contribution >= 4 is 5.69 Å². The highest BCUT2D eigenvalue weighted by molar-refractivity contribution is 5.62. The van der Waals surface area contributed by atoms with Gasteiger partial charge in [-0.1, -0.05) is 37.5 Å². The molecule has 2 aliphatic rings. The van der Waals surface area contributed by atoms with Crippen LogP contribution in [0, 0.1) is 0 Å². The Bertz CT molecular complexity index is 382. The van der Waals surface area contributed by atoms with Gasteiger partial charge in [-0.15, -0.1) is 0 Å². The van der Waals surface area contributed by atoms with Crippen LogP contribution in [-0.4, -0.2) is 17.8 Å². The van der Waals surface area contributed by atoms with Gasteiger partial charge in [0.15, 0.2) is 0 Å². The molecule has 0 radical (unpaired) electrons. The average molecular weight is 217 g/mol. The molecule has 2 nitrogen and oxygen atoms in total. The van der Waals surface area contributed by atoms with E-state index in [1.165, 1.54) is 43.4 Å². The maximum absolute atomic E-state index is 9.59. The lowest BCUT2D eigenvalue weighted by molar-refractivity contribution is 0.187. The van der Waals surface area contributed by atoms with Gasteiger partial charge in [0, 0.05) is 11.1 Å². The molecule has 1 fully saturated rings. The molecule has 1 aliphatic heterocycles. The first-order valence-electron chi connectivity index (χ1n) is 6.34. The van der Waals surface area contributed by atoms with Crippen LogP contribution in [-0.2, 0) is 5.41 Å². The summed E-state index contributed by atoms with van der Waals surface area (Å²) < 4.78 is 0. The Morgan fingerprint density at radius 1 is 1.19 bits per heavy atom. The molecule has 1 saturated carbocycles. The molecule has 2 N–H and O–H groups in total. The molecule has 1 aromatic rings. The second kappa shape index (κ2) is 3.77. The zero-order valence-corrected chi connectivity index (χ0v) is 9.58. The Kier molecular flexibility index (Phi) is 2.40. The molecule has 0 aromatic heterocycles. The fourth-order valence-corrected chi connectivity index (χ4v) is 3.58. The molecule has 0 bridgehead atoms. The Morgan fingerprint density at radius 2 is 1.94 bits per heavy atom. The van der Waals surface area contributed by atoms with E-state index in [-0.39, 0.29) is 18.1 Å². The Hall–Kier alpha value is -1.02. The van der Waals surface area contributed by atoms with Gasteiger partial charge in [-0.25, -0.2) is 0 Å². The summed E-state index contributed by atoms with van der Waals surface area (Å²) in [6.07, 6.45) is 6.39. The molecule has 1 aromatic carbocycles. The number of anilines is 1. The van der Waals surface area contributed by atoms with E-state index < -0.39 is 0 Å². The van der Waals surface area contributed by atoms with Crippen LogP contribution in [0.4, 0.5) is 5.69 Å². The molecular formula is C14H19NO. The summed E-state index contributed by atoms with van der Waals surface area (Å²) in [4.78, 5) is 0. The van der Waals surface area contributed by atoms with Crippen LogP contribution in [0.2, 0.25) is 0 Å². The molecule has 1 spiro atoms. The molecule has 3 rings (SSSR count). The van der Waals surface area contributed by atoms with Gasteiger partial charge in [-0.05, 0) is 24.5 Å². The maximum atomic E-state index is 9.59. The van der Waals surface area contributed by atoms with Crippen LogP contribution in [0.3, 0.4) is 0 Å². The van der Waals surface area contributed by atoms with E-state index in [1.54, 1.807) is 0 Å². The second-order valence-corrected chi connectivity index (χ2v) is 5.14. The first kappa shape index (κ1) is 10.2. The van der Waals surface area contributed by atoms with Crippen molar-refractivity contribution in [2.45, 2.75) is 43.6 Å². The van der Waals surface area contributed by atoms with E-state index in [9.17, 15) is 5.11 Å². The zero-order valence-electron chi connectivity index (χ0n) is 9.58. The summed E-state index contributed by atoms with van der Waals surface area (Å²) in [7, 11) is 0. The van der Waals surface area contributed by atoms with Crippen molar-refractivity contribution in [1.29, 1.82) is 0 Å². The fourth-order valence-electron chi connectivity index (χ4n) is 3.58. The van der Waals surface area contributed by atoms with Gasteiger partial charge in [0.1, 0.15) is 0 Å². The molecule has 86 valence electrons. The molecule has 1 aliphatic carbocycles. The topological polar surface area (TPSA) is 32.3 Å². The third kappa shape index (κ3) is 1.29. The number of nitrogens with one attached hydrogen (secondary N) is 1. The normalized spacial score (nSPS) is 26.4. The van der Waals surface area contributed by atoms with E-state index >= 15 is 0 Å². The molecule has 0 saturated heterocycles. The summed E-state index contributed by atoms with van der Waals surface area (Å²) in [5.41, 5.74) is 2.89. The van der Waals surface area contributed by atoms with Crippen molar-refractivity contribution < 1.29 is 5.11 Å². The summed E-state index contributed by atoms with van der Waals surface area (Å²) in [5, 5.41) is 13.1. The van der Waals surface area contributed by atoms with Crippen molar-refractivity contribution in [3.8, 4) is 0 Å². The van der Waals surface area contributed by atoms with Gasteiger partial charge in [-0.2, -0.15) is 0 Å². The molecular weight excluding hydrogens is 198 g/mol. The van der Waals surface area contributed by atoms with Crippen molar-refractivity contribution in [2.75, 3.05) is 11.9 Å². The van der Waals surface area contributed by atoms with Crippen molar-refractivity contribution in [3.63, 3.8) is 0 Å². The summed E-state index contributed by atoms with van der Waals surface area (Å²) in [6, 6.07) is 8.80. The second-order valence-electron chi connectivity index (χ2n) is 5.14. The van der Waals surface area contributed by atoms with Gasteiger partial charge >= 0.3 is 0 Å². The Labute approximate surface area is 96.7 Å². The smallest absolute Gasteiger partial charge is 0.0641 e. The van der Waals surface area contributed by atoms with Crippen molar-refractivity contribution in [1.82, 2.24) is 0 Å². The van der Waals surface area contributed by atoms with Crippen LogP contribution >= 0.6 is 0 Å². The number of aliphatic hydroxyl groups is 1. The lowest BCUT2D eigenvalue weighted by atomic mass is 9.67. The highest BCUT2D eigenvalue weighted by Crippen LogP contribution is 2.49. The quantitative estimate of drug-likeness (QED) is 0.758. The van der Waals surface area contributed by atoms with Crippen molar-refractivity contribution in [3.05, 3.63) is 29.8 Å². The predicted octanol–water partition coefficient (Wildman–Crippen LogP) is 2.67. The van der Waals surface area contributed by atoms with Crippen LogP contribution in [0.1, 0.15) is 37.7 Å². The minimum absolute atomic E-state index is 0.212.